The molecule has 154 valence electrons. The van der Waals surface area contributed by atoms with E-state index in [0.717, 1.165) is 19.3 Å². The normalized spacial score (nSPS) is 25.1. The molecule has 2 fully saturated rings. The number of fused-ring (bicyclic) bond motifs is 1. The number of nitrogens with zero attached hydrogens (tertiary/aromatic N) is 3. The monoisotopic (exact) mass is 406 g/mol. The predicted molar refractivity (Wildman–Crippen MR) is 108 cm³/mol. The maximum Gasteiger partial charge on any atom is 0.282 e. The molecule has 4 rings (SSSR count). The zero-order valence-electron chi connectivity index (χ0n) is 16.3. The van der Waals surface area contributed by atoms with Crippen molar-refractivity contribution in [3.8, 4) is 0 Å². The van der Waals surface area contributed by atoms with E-state index in [2.05, 4.69) is 17.4 Å². The van der Waals surface area contributed by atoms with Gasteiger partial charge in [-0.25, -0.2) is 0 Å². The van der Waals surface area contributed by atoms with Crippen LogP contribution < -0.4 is 5.32 Å². The molecule has 3 aliphatic heterocycles. The van der Waals surface area contributed by atoms with Gasteiger partial charge < -0.3 is 10.2 Å². The van der Waals surface area contributed by atoms with Crippen LogP contribution in [0.25, 0.3) is 0 Å². The van der Waals surface area contributed by atoms with E-state index in [0.29, 0.717) is 58.7 Å². The molecule has 0 unspecified atom stereocenters. The smallest absolute Gasteiger partial charge is 0.282 e. The maximum atomic E-state index is 13.1. The fourth-order valence-corrected chi connectivity index (χ4v) is 6.17. The van der Waals surface area contributed by atoms with Gasteiger partial charge in [0.1, 0.15) is 0 Å². The van der Waals surface area contributed by atoms with Crippen molar-refractivity contribution in [3.63, 3.8) is 0 Å². The van der Waals surface area contributed by atoms with Crippen molar-refractivity contribution >= 4 is 16.1 Å². The second-order valence-corrected chi connectivity index (χ2v) is 9.88. The number of hydrogen-bond acceptors (Lipinski definition) is 4. The molecule has 1 N–H and O–H groups in total. The number of nitrogens with one attached hydrogen (secondary N) is 1. The van der Waals surface area contributed by atoms with Gasteiger partial charge in [0, 0.05) is 45.8 Å². The van der Waals surface area contributed by atoms with E-state index in [-0.39, 0.29) is 11.9 Å². The fourth-order valence-electron chi connectivity index (χ4n) is 4.45. The number of benzene rings is 1. The standard InChI is InChI=1S/C20H30N4O3S/c25-20(19-15-17-7-2-3-8-18(17)16-21-19)22-9-6-12-24(14-13-22)28(26,27)23-10-4-1-5-11-23/h2-3,7-8,19,21H,1,4-6,9-16H2/t19-/m1/s1. The van der Waals surface area contributed by atoms with Crippen molar-refractivity contribution in [3.05, 3.63) is 35.4 Å². The third kappa shape index (κ3) is 4.10. The minimum absolute atomic E-state index is 0.0896. The quantitative estimate of drug-likeness (QED) is 0.812. The Bertz CT molecular complexity index is 807. The first-order valence-electron chi connectivity index (χ1n) is 10.4. The number of rotatable bonds is 3. The highest BCUT2D eigenvalue weighted by Crippen LogP contribution is 2.20. The van der Waals surface area contributed by atoms with Gasteiger partial charge in [0.2, 0.25) is 5.91 Å². The Kier molecular flexibility index (Phi) is 6.01. The van der Waals surface area contributed by atoms with E-state index in [1.54, 1.807) is 8.61 Å². The van der Waals surface area contributed by atoms with Gasteiger partial charge in [0.05, 0.1) is 6.04 Å². The van der Waals surface area contributed by atoms with Gasteiger partial charge in [-0.15, -0.1) is 0 Å². The first-order valence-corrected chi connectivity index (χ1v) is 11.8. The first-order chi connectivity index (χ1) is 13.6. The van der Waals surface area contributed by atoms with Crippen LogP contribution >= 0.6 is 0 Å². The first kappa shape index (κ1) is 19.8. The number of carbonyl (C=O) groups excluding carboxylic acids is 1. The van der Waals surface area contributed by atoms with Crippen LogP contribution in [0, 0.1) is 0 Å². The van der Waals surface area contributed by atoms with Gasteiger partial charge in [-0.2, -0.15) is 17.0 Å². The molecule has 0 radical (unpaired) electrons. The van der Waals surface area contributed by atoms with E-state index in [1.807, 2.05) is 17.0 Å². The van der Waals surface area contributed by atoms with E-state index in [1.165, 1.54) is 11.1 Å². The van der Waals surface area contributed by atoms with Gasteiger partial charge in [-0.1, -0.05) is 30.7 Å². The van der Waals surface area contributed by atoms with Crippen LogP contribution in [0.15, 0.2) is 24.3 Å². The Labute approximate surface area is 167 Å². The van der Waals surface area contributed by atoms with Crippen LogP contribution in [-0.4, -0.2) is 73.1 Å². The number of amides is 1. The largest absolute Gasteiger partial charge is 0.340 e. The highest BCUT2D eigenvalue weighted by molar-refractivity contribution is 7.86. The van der Waals surface area contributed by atoms with Crippen molar-refractivity contribution in [1.82, 2.24) is 18.8 Å². The summed E-state index contributed by atoms with van der Waals surface area (Å²) in [6.45, 7) is 3.89. The molecule has 0 bridgehead atoms. The lowest BCUT2D eigenvalue weighted by molar-refractivity contribution is -0.133. The molecule has 1 amide bonds. The molecule has 3 aliphatic rings. The average Bonchev–Trinajstić information content (AvgIpc) is 3.00. The zero-order valence-corrected chi connectivity index (χ0v) is 17.2. The highest BCUT2D eigenvalue weighted by atomic mass is 32.2. The van der Waals surface area contributed by atoms with Crippen molar-refractivity contribution in [2.24, 2.45) is 0 Å². The third-order valence-electron chi connectivity index (χ3n) is 6.11. The van der Waals surface area contributed by atoms with E-state index >= 15 is 0 Å². The summed E-state index contributed by atoms with van der Waals surface area (Å²) in [5, 5.41) is 3.35. The van der Waals surface area contributed by atoms with Crippen LogP contribution in [0.3, 0.4) is 0 Å². The lowest BCUT2D eigenvalue weighted by Crippen LogP contribution is -2.51. The Morgan fingerprint density at radius 3 is 2.32 bits per heavy atom. The second kappa shape index (κ2) is 8.49. The molecule has 0 saturated carbocycles. The van der Waals surface area contributed by atoms with Crippen LogP contribution in [0.5, 0.6) is 0 Å². The fraction of sp³-hybridized carbons (Fsp3) is 0.650. The molecule has 0 aliphatic carbocycles. The Morgan fingerprint density at radius 2 is 1.54 bits per heavy atom. The van der Waals surface area contributed by atoms with Gasteiger partial charge in [0.25, 0.3) is 10.2 Å². The summed E-state index contributed by atoms with van der Waals surface area (Å²) in [6, 6.07) is 8.00. The van der Waals surface area contributed by atoms with Gasteiger partial charge in [-0.05, 0) is 36.8 Å². The van der Waals surface area contributed by atoms with E-state index < -0.39 is 10.2 Å². The summed E-state index contributed by atoms with van der Waals surface area (Å²) in [6.07, 6.45) is 4.36. The maximum absolute atomic E-state index is 13.1. The van der Waals surface area contributed by atoms with Gasteiger partial charge in [0.15, 0.2) is 0 Å². The molecule has 2 saturated heterocycles. The van der Waals surface area contributed by atoms with Crippen molar-refractivity contribution < 1.29 is 13.2 Å². The van der Waals surface area contributed by atoms with Crippen molar-refractivity contribution in [2.75, 3.05) is 39.3 Å². The summed E-state index contributed by atoms with van der Waals surface area (Å²) in [5.41, 5.74) is 2.48. The summed E-state index contributed by atoms with van der Waals surface area (Å²) < 4.78 is 29.1. The van der Waals surface area contributed by atoms with Crippen LogP contribution in [0.1, 0.15) is 36.8 Å². The molecule has 0 spiro atoms. The molecular formula is C20H30N4O3S. The predicted octanol–water partition coefficient (Wildman–Crippen LogP) is 0.966. The summed E-state index contributed by atoms with van der Waals surface area (Å²) in [5.74, 6) is 0.0896. The third-order valence-corrected chi connectivity index (χ3v) is 8.15. The second-order valence-electron chi connectivity index (χ2n) is 7.95. The lowest BCUT2D eigenvalue weighted by Gasteiger charge is -2.32. The minimum atomic E-state index is -3.41. The average molecular weight is 407 g/mol. The lowest BCUT2D eigenvalue weighted by atomic mass is 9.95. The van der Waals surface area contributed by atoms with E-state index in [9.17, 15) is 13.2 Å². The Balaban J connectivity index is 1.38. The molecule has 28 heavy (non-hydrogen) atoms. The van der Waals surface area contributed by atoms with Gasteiger partial charge >= 0.3 is 0 Å². The van der Waals surface area contributed by atoms with Crippen LogP contribution in [-0.2, 0) is 28.0 Å². The molecule has 1 atom stereocenters. The number of piperidine rings is 1. The molecule has 1 aromatic carbocycles. The SMILES string of the molecule is O=C([C@H]1Cc2ccccc2CN1)N1CCCN(S(=O)(=O)N2CCCCC2)CC1. The molecule has 3 heterocycles. The van der Waals surface area contributed by atoms with Gasteiger partial charge in [-0.3, -0.25) is 4.79 Å². The topological polar surface area (TPSA) is 73.0 Å². The van der Waals surface area contributed by atoms with Crippen molar-refractivity contribution in [1.29, 1.82) is 0 Å². The highest BCUT2D eigenvalue weighted by Gasteiger charge is 2.34. The molecule has 7 nitrogen and oxygen atoms in total. The molecule has 1 aromatic rings. The summed E-state index contributed by atoms with van der Waals surface area (Å²) in [7, 11) is -3.41. The Hall–Kier alpha value is -1.48. The summed E-state index contributed by atoms with van der Waals surface area (Å²) >= 11 is 0. The Morgan fingerprint density at radius 1 is 0.857 bits per heavy atom. The molecule has 0 aromatic heterocycles. The summed E-state index contributed by atoms with van der Waals surface area (Å²) in [4.78, 5) is 14.9. The van der Waals surface area contributed by atoms with Crippen molar-refractivity contribution in [2.45, 2.75) is 44.7 Å². The zero-order chi connectivity index (χ0) is 19.6. The number of hydrogen-bond donors (Lipinski definition) is 1. The molecular weight excluding hydrogens is 376 g/mol. The molecule has 8 heteroatoms. The number of carbonyl (C=O) groups is 1. The minimum Gasteiger partial charge on any atom is -0.340 e. The van der Waals surface area contributed by atoms with Crippen LogP contribution in [0.4, 0.5) is 0 Å². The van der Waals surface area contributed by atoms with Crippen LogP contribution in [0.2, 0.25) is 0 Å². The van der Waals surface area contributed by atoms with E-state index in [4.69, 9.17) is 0 Å².